The maximum absolute atomic E-state index is 14.1. The predicted molar refractivity (Wildman–Crippen MR) is 109 cm³/mol. The molecule has 2 aliphatic carbocycles. The van der Waals surface area contributed by atoms with Gasteiger partial charge in [0.05, 0.1) is 0 Å². The zero-order valence-corrected chi connectivity index (χ0v) is 16.5. The van der Waals surface area contributed by atoms with Gasteiger partial charge >= 0.3 is 0 Å². The van der Waals surface area contributed by atoms with Gasteiger partial charge in [0, 0.05) is 9.50 Å². The van der Waals surface area contributed by atoms with Gasteiger partial charge in [-0.1, -0.05) is 50.8 Å². The number of hydrogen-bond donors (Lipinski definition) is 0. The summed E-state index contributed by atoms with van der Waals surface area (Å²) in [5, 5.41) is 0.176. The zero-order valence-electron chi connectivity index (χ0n) is 19.5. The maximum atomic E-state index is 14.1. The Hall–Kier alpha value is -1.51. The third kappa shape index (κ3) is 3.95. The molecule has 3 heteroatoms. The zero-order chi connectivity index (χ0) is 22.3. The van der Waals surface area contributed by atoms with Gasteiger partial charge in [0.1, 0.15) is 0 Å². The molecule has 0 radical (unpaired) electrons. The quantitative estimate of drug-likeness (QED) is 0.461. The normalized spacial score (nSPS) is 34.6. The summed E-state index contributed by atoms with van der Waals surface area (Å²) in [4.78, 5) is 0. The van der Waals surface area contributed by atoms with Crippen molar-refractivity contribution in [3.8, 4) is 0 Å². The van der Waals surface area contributed by atoms with E-state index in [1.165, 1.54) is 37.8 Å². The number of benzene rings is 2. The minimum absolute atomic E-state index is 0.0257. The third-order valence-corrected chi connectivity index (χ3v) is 6.89. The highest BCUT2D eigenvalue weighted by molar-refractivity contribution is 5.84. The smallest absolute Gasteiger partial charge is 0.195 e. The van der Waals surface area contributed by atoms with Gasteiger partial charge < -0.3 is 0 Å². The minimum atomic E-state index is -1.57. The van der Waals surface area contributed by atoms with Gasteiger partial charge in [-0.05, 0) is 79.1 Å². The molecule has 0 amide bonds. The fourth-order valence-corrected chi connectivity index (χ4v) is 5.24. The highest BCUT2D eigenvalue weighted by Crippen LogP contribution is 2.44. The Bertz CT molecular complexity index is 937. The van der Waals surface area contributed by atoms with Crippen LogP contribution < -0.4 is 0 Å². The molecule has 3 unspecified atom stereocenters. The van der Waals surface area contributed by atoms with E-state index in [0.29, 0.717) is 24.3 Å². The van der Waals surface area contributed by atoms with Crippen molar-refractivity contribution in [2.75, 3.05) is 0 Å². The monoisotopic (exact) mass is 391 g/mol. The van der Waals surface area contributed by atoms with Gasteiger partial charge in [0.25, 0.3) is 0 Å². The predicted octanol–water partition coefficient (Wildman–Crippen LogP) is 8.14. The first-order valence-electron chi connectivity index (χ1n) is 12.3. The summed E-state index contributed by atoms with van der Waals surface area (Å²) in [6.45, 7) is 2.22. The lowest BCUT2D eigenvalue weighted by atomic mass is 9.68. The van der Waals surface area contributed by atoms with Gasteiger partial charge in [0.15, 0.2) is 17.5 Å². The van der Waals surface area contributed by atoms with Crippen LogP contribution in [-0.4, -0.2) is 0 Å². The fourth-order valence-electron chi connectivity index (χ4n) is 5.24. The first-order chi connectivity index (χ1) is 14.7. The van der Waals surface area contributed by atoms with Crippen LogP contribution in [0.15, 0.2) is 24.3 Å². The second kappa shape index (κ2) is 8.47. The second-order valence-electron chi connectivity index (χ2n) is 8.65. The lowest BCUT2D eigenvalue weighted by Gasteiger charge is -2.38. The van der Waals surface area contributed by atoms with Crippen LogP contribution in [0, 0.1) is 35.2 Å². The van der Waals surface area contributed by atoms with Crippen molar-refractivity contribution in [2.24, 2.45) is 17.8 Å². The van der Waals surface area contributed by atoms with Crippen molar-refractivity contribution in [1.29, 1.82) is 0 Å². The summed E-state index contributed by atoms with van der Waals surface area (Å²) in [5.41, 5.74) is 0.563. The van der Waals surface area contributed by atoms with E-state index >= 15 is 0 Å². The molecule has 4 rings (SSSR count). The van der Waals surface area contributed by atoms with E-state index in [0.717, 1.165) is 24.8 Å². The van der Waals surface area contributed by atoms with E-state index in [-0.39, 0.29) is 16.7 Å². The fraction of sp³-hybridized carbons (Fsp3) is 0.600. The Balaban J connectivity index is 1.55. The van der Waals surface area contributed by atoms with E-state index < -0.39 is 36.1 Å². The summed E-state index contributed by atoms with van der Waals surface area (Å²) >= 11 is 0. The van der Waals surface area contributed by atoms with Crippen LogP contribution in [0.2, 0.25) is 0 Å². The van der Waals surface area contributed by atoms with E-state index in [9.17, 15) is 13.2 Å². The molecule has 28 heavy (non-hydrogen) atoms. The van der Waals surface area contributed by atoms with E-state index in [4.69, 9.17) is 4.11 Å². The van der Waals surface area contributed by atoms with Crippen molar-refractivity contribution >= 4 is 10.8 Å². The largest absolute Gasteiger partial charge is 0.204 e. The third-order valence-electron chi connectivity index (χ3n) is 6.89. The first-order valence-corrected chi connectivity index (χ1v) is 10.7. The average molecular weight is 392 g/mol. The van der Waals surface area contributed by atoms with E-state index in [1.54, 1.807) is 6.07 Å². The number of halogens is 3. The van der Waals surface area contributed by atoms with Crippen LogP contribution >= 0.6 is 0 Å². The van der Waals surface area contributed by atoms with Crippen LogP contribution in [0.25, 0.3) is 10.8 Å². The molecule has 2 saturated carbocycles. The Kier molecular flexibility index (Phi) is 4.93. The summed E-state index contributed by atoms with van der Waals surface area (Å²) in [6.07, 6.45) is 6.04. The molecule has 0 aliphatic heterocycles. The standard InChI is InChI=1S/C25H31F3/c1-2-3-16-4-6-17(7-5-16)18-8-10-19(11-9-18)20-12-13-22-21(14-20)15-23(26)25(28)24(22)27/h12-19H,2-11H2,1H3/i10D,11D2. The molecule has 0 aromatic heterocycles. The SMILES string of the molecule is [2H]C1CC(C2CCC(CCC)CC2)CC([2H])([2H])C1c1ccc2c(F)c(F)c(F)cc2c1. The maximum Gasteiger partial charge on any atom is 0.195 e. The molecule has 2 aromatic rings. The number of rotatable bonds is 4. The highest BCUT2D eigenvalue weighted by Gasteiger charge is 2.31. The Morgan fingerprint density at radius 3 is 2.39 bits per heavy atom. The lowest BCUT2D eigenvalue weighted by Crippen LogP contribution is -2.25. The Morgan fingerprint density at radius 2 is 1.68 bits per heavy atom. The molecule has 2 fully saturated rings. The highest BCUT2D eigenvalue weighted by atomic mass is 19.2. The molecular formula is C25H31F3. The molecule has 0 N–H and O–H groups in total. The van der Waals surface area contributed by atoms with Crippen LogP contribution in [-0.2, 0) is 0 Å². The topological polar surface area (TPSA) is 0 Å². The van der Waals surface area contributed by atoms with Gasteiger partial charge in [0.2, 0.25) is 0 Å². The molecule has 2 aromatic carbocycles. The summed E-state index contributed by atoms with van der Waals surface area (Å²) in [6, 6.07) is 5.43. The van der Waals surface area contributed by atoms with Crippen molar-refractivity contribution in [1.82, 2.24) is 0 Å². The molecule has 152 valence electrons. The van der Waals surface area contributed by atoms with Crippen LogP contribution in [0.3, 0.4) is 0 Å². The Morgan fingerprint density at radius 1 is 0.929 bits per heavy atom. The van der Waals surface area contributed by atoms with Crippen molar-refractivity contribution < 1.29 is 17.3 Å². The summed E-state index contributed by atoms with van der Waals surface area (Å²) in [5.74, 6) is -3.15. The number of fused-ring (bicyclic) bond motifs is 1. The summed E-state index contributed by atoms with van der Waals surface area (Å²) in [7, 11) is 0. The molecule has 0 nitrogen and oxygen atoms in total. The van der Waals surface area contributed by atoms with Crippen LogP contribution in [0.1, 0.15) is 86.7 Å². The van der Waals surface area contributed by atoms with Crippen molar-refractivity contribution in [3.63, 3.8) is 0 Å². The van der Waals surface area contributed by atoms with Crippen LogP contribution in [0.4, 0.5) is 13.2 Å². The van der Waals surface area contributed by atoms with Gasteiger partial charge in [-0.3, -0.25) is 0 Å². The minimum Gasteiger partial charge on any atom is -0.204 e. The second-order valence-corrected chi connectivity index (χ2v) is 8.65. The van der Waals surface area contributed by atoms with Crippen molar-refractivity contribution in [2.45, 2.75) is 77.0 Å². The van der Waals surface area contributed by atoms with Crippen molar-refractivity contribution in [3.05, 3.63) is 47.3 Å². The van der Waals surface area contributed by atoms with Gasteiger partial charge in [-0.2, -0.15) is 0 Å². The summed E-state index contributed by atoms with van der Waals surface area (Å²) < 4.78 is 67.6. The molecule has 0 saturated heterocycles. The van der Waals surface area contributed by atoms with E-state index in [2.05, 4.69) is 6.92 Å². The lowest BCUT2D eigenvalue weighted by molar-refractivity contribution is 0.156. The van der Waals surface area contributed by atoms with E-state index in [1.807, 2.05) is 0 Å². The van der Waals surface area contributed by atoms with Crippen LogP contribution in [0.5, 0.6) is 0 Å². The average Bonchev–Trinajstić information content (AvgIpc) is 2.71. The molecule has 0 spiro atoms. The number of hydrogen-bond acceptors (Lipinski definition) is 0. The van der Waals surface area contributed by atoms with Gasteiger partial charge in [-0.15, -0.1) is 0 Å². The molecule has 2 aliphatic rings. The molecular weight excluding hydrogens is 357 g/mol. The first kappa shape index (κ1) is 16.3. The molecule has 3 atom stereocenters. The molecule has 0 bridgehead atoms. The Labute approximate surface area is 170 Å². The molecule has 0 heterocycles. The van der Waals surface area contributed by atoms with Gasteiger partial charge in [-0.25, -0.2) is 13.2 Å².